The lowest BCUT2D eigenvalue weighted by molar-refractivity contribution is 0.165. The molecule has 0 heterocycles. The first kappa shape index (κ1) is 12.2. The summed E-state index contributed by atoms with van der Waals surface area (Å²) in [5.74, 6) is 0.501. The largest absolute Gasteiger partial charge is 0.486 e. The summed E-state index contributed by atoms with van der Waals surface area (Å²) in [6.07, 6.45) is 8.77. The zero-order chi connectivity index (χ0) is 11.9. The van der Waals surface area contributed by atoms with Crippen LogP contribution in [0.4, 0.5) is 0 Å². The SMILES string of the molecule is O=c1cccccc1OC1CCCCCCC1. The van der Waals surface area contributed by atoms with Gasteiger partial charge in [-0.2, -0.15) is 0 Å². The Hall–Kier alpha value is -1.31. The molecule has 0 spiro atoms. The Labute approximate surface area is 103 Å². The van der Waals surface area contributed by atoms with E-state index >= 15 is 0 Å². The van der Waals surface area contributed by atoms with E-state index in [-0.39, 0.29) is 11.5 Å². The van der Waals surface area contributed by atoms with Crippen LogP contribution in [-0.4, -0.2) is 6.10 Å². The summed E-state index contributed by atoms with van der Waals surface area (Å²) in [7, 11) is 0. The molecule has 0 aromatic heterocycles. The van der Waals surface area contributed by atoms with Crippen molar-refractivity contribution < 1.29 is 4.74 Å². The fourth-order valence-electron chi connectivity index (χ4n) is 2.33. The molecule has 17 heavy (non-hydrogen) atoms. The Morgan fingerprint density at radius 3 is 2.29 bits per heavy atom. The molecule has 2 heteroatoms. The van der Waals surface area contributed by atoms with Gasteiger partial charge in [0.1, 0.15) is 0 Å². The Balaban J connectivity index is 2.03. The molecule has 0 unspecified atom stereocenters. The maximum absolute atomic E-state index is 11.7. The van der Waals surface area contributed by atoms with E-state index in [1.165, 1.54) is 32.1 Å². The fraction of sp³-hybridized carbons (Fsp3) is 0.533. The average molecular weight is 232 g/mol. The van der Waals surface area contributed by atoms with Gasteiger partial charge >= 0.3 is 0 Å². The van der Waals surface area contributed by atoms with Gasteiger partial charge in [-0.3, -0.25) is 4.79 Å². The van der Waals surface area contributed by atoms with Gasteiger partial charge in [0.15, 0.2) is 5.75 Å². The van der Waals surface area contributed by atoms with Crippen LogP contribution in [0.3, 0.4) is 0 Å². The van der Waals surface area contributed by atoms with Crippen molar-refractivity contribution in [3.8, 4) is 5.75 Å². The first-order valence-electron chi connectivity index (χ1n) is 6.62. The van der Waals surface area contributed by atoms with Crippen molar-refractivity contribution in [1.29, 1.82) is 0 Å². The molecule has 0 N–H and O–H groups in total. The van der Waals surface area contributed by atoms with Gasteiger partial charge in [-0.05, 0) is 37.8 Å². The van der Waals surface area contributed by atoms with Crippen LogP contribution in [0.15, 0.2) is 35.1 Å². The molecule has 1 aliphatic carbocycles. The van der Waals surface area contributed by atoms with Gasteiger partial charge in [0.2, 0.25) is 5.43 Å². The van der Waals surface area contributed by atoms with Gasteiger partial charge in [-0.15, -0.1) is 0 Å². The van der Waals surface area contributed by atoms with Crippen LogP contribution < -0.4 is 10.2 Å². The molecular formula is C15H20O2. The zero-order valence-corrected chi connectivity index (χ0v) is 10.2. The summed E-state index contributed by atoms with van der Waals surface area (Å²) in [6.45, 7) is 0. The topological polar surface area (TPSA) is 26.3 Å². The Morgan fingerprint density at radius 2 is 1.53 bits per heavy atom. The summed E-state index contributed by atoms with van der Waals surface area (Å²) in [5, 5.41) is 0. The number of rotatable bonds is 2. The van der Waals surface area contributed by atoms with Crippen molar-refractivity contribution in [3.05, 3.63) is 40.6 Å². The molecule has 0 amide bonds. The first-order chi connectivity index (χ1) is 8.36. The number of hydrogen-bond acceptors (Lipinski definition) is 2. The average Bonchev–Trinajstić information content (AvgIpc) is 2.48. The third-order valence-electron chi connectivity index (χ3n) is 3.31. The molecule has 1 aromatic carbocycles. The normalized spacial score (nSPS) is 18.1. The first-order valence-corrected chi connectivity index (χ1v) is 6.62. The van der Waals surface area contributed by atoms with Gasteiger partial charge in [0.05, 0.1) is 6.10 Å². The van der Waals surface area contributed by atoms with Crippen LogP contribution in [0, 0.1) is 0 Å². The highest BCUT2D eigenvalue weighted by molar-refractivity contribution is 5.20. The second kappa shape index (κ2) is 6.43. The maximum Gasteiger partial charge on any atom is 0.220 e. The molecule has 0 saturated heterocycles. The molecule has 2 nitrogen and oxygen atoms in total. The van der Waals surface area contributed by atoms with Crippen molar-refractivity contribution in [2.75, 3.05) is 0 Å². The Morgan fingerprint density at radius 1 is 0.882 bits per heavy atom. The highest BCUT2D eigenvalue weighted by atomic mass is 16.5. The third kappa shape index (κ3) is 3.88. The van der Waals surface area contributed by atoms with Crippen molar-refractivity contribution in [1.82, 2.24) is 0 Å². The highest BCUT2D eigenvalue weighted by Gasteiger charge is 2.13. The maximum atomic E-state index is 11.7. The zero-order valence-electron chi connectivity index (χ0n) is 10.2. The summed E-state index contributed by atoms with van der Waals surface area (Å²) in [4.78, 5) is 11.7. The minimum Gasteiger partial charge on any atom is -0.486 e. The van der Waals surface area contributed by atoms with Crippen molar-refractivity contribution in [3.63, 3.8) is 0 Å². The van der Waals surface area contributed by atoms with Crippen molar-refractivity contribution in [2.45, 2.75) is 51.0 Å². The third-order valence-corrected chi connectivity index (χ3v) is 3.31. The number of hydrogen-bond donors (Lipinski definition) is 0. The molecule has 1 saturated carbocycles. The van der Waals surface area contributed by atoms with Gasteiger partial charge < -0.3 is 4.74 Å². The van der Waals surface area contributed by atoms with E-state index in [0.717, 1.165) is 12.8 Å². The molecule has 0 atom stereocenters. The van der Waals surface area contributed by atoms with Gasteiger partial charge in [0.25, 0.3) is 0 Å². The predicted molar refractivity (Wildman–Crippen MR) is 69.4 cm³/mol. The van der Waals surface area contributed by atoms with Crippen molar-refractivity contribution >= 4 is 0 Å². The Bertz CT molecular complexity index is 392. The van der Waals surface area contributed by atoms with E-state index in [1.54, 1.807) is 18.2 Å². The molecule has 0 radical (unpaired) electrons. The lowest BCUT2D eigenvalue weighted by atomic mass is 9.98. The summed E-state index contributed by atoms with van der Waals surface area (Å²) >= 11 is 0. The van der Waals surface area contributed by atoms with E-state index in [9.17, 15) is 4.79 Å². The molecular weight excluding hydrogens is 212 g/mol. The van der Waals surface area contributed by atoms with E-state index in [0.29, 0.717) is 5.75 Å². The molecule has 1 fully saturated rings. The lowest BCUT2D eigenvalue weighted by Crippen LogP contribution is -2.20. The molecule has 2 rings (SSSR count). The summed E-state index contributed by atoms with van der Waals surface area (Å²) < 4.78 is 5.87. The van der Waals surface area contributed by atoms with E-state index in [4.69, 9.17) is 4.74 Å². The monoisotopic (exact) mass is 232 g/mol. The second-order valence-corrected chi connectivity index (χ2v) is 4.72. The van der Waals surface area contributed by atoms with Crippen molar-refractivity contribution in [2.24, 2.45) is 0 Å². The van der Waals surface area contributed by atoms with Crippen LogP contribution in [0.25, 0.3) is 0 Å². The smallest absolute Gasteiger partial charge is 0.220 e. The van der Waals surface area contributed by atoms with E-state index < -0.39 is 0 Å². The van der Waals surface area contributed by atoms with E-state index in [2.05, 4.69) is 0 Å². The fourth-order valence-corrected chi connectivity index (χ4v) is 2.33. The minimum absolute atomic E-state index is 0.0166. The second-order valence-electron chi connectivity index (χ2n) is 4.72. The van der Waals surface area contributed by atoms with Crippen LogP contribution >= 0.6 is 0 Å². The number of ether oxygens (including phenoxy) is 1. The highest BCUT2D eigenvalue weighted by Crippen LogP contribution is 2.20. The molecule has 0 bridgehead atoms. The summed E-state index contributed by atoms with van der Waals surface area (Å²) in [6, 6.07) is 8.82. The van der Waals surface area contributed by atoms with Crippen LogP contribution in [0.2, 0.25) is 0 Å². The predicted octanol–water partition coefficient (Wildman–Crippen LogP) is 3.54. The molecule has 1 aliphatic rings. The Kier molecular flexibility index (Phi) is 4.60. The van der Waals surface area contributed by atoms with Crippen LogP contribution in [0.5, 0.6) is 5.75 Å². The minimum atomic E-state index is -0.0166. The molecule has 1 aromatic rings. The van der Waals surface area contributed by atoms with Gasteiger partial charge in [0, 0.05) is 0 Å². The van der Waals surface area contributed by atoms with Crippen LogP contribution in [0.1, 0.15) is 44.9 Å². The van der Waals surface area contributed by atoms with E-state index in [1.807, 2.05) is 12.1 Å². The lowest BCUT2D eigenvalue weighted by Gasteiger charge is -2.20. The molecule has 92 valence electrons. The molecule has 0 aliphatic heterocycles. The van der Waals surface area contributed by atoms with Crippen LogP contribution in [-0.2, 0) is 0 Å². The standard InChI is InChI=1S/C15H20O2/c16-14-11-7-4-8-12-15(14)17-13-9-5-2-1-3-6-10-13/h4,7-8,11-13H,1-3,5-6,9-10H2. The van der Waals surface area contributed by atoms with Gasteiger partial charge in [-0.1, -0.05) is 37.5 Å². The summed E-state index contributed by atoms with van der Waals surface area (Å²) in [5.41, 5.74) is -0.0166. The van der Waals surface area contributed by atoms with Gasteiger partial charge in [-0.25, -0.2) is 0 Å². The quantitative estimate of drug-likeness (QED) is 0.779.